The second kappa shape index (κ2) is 4.77. The fraction of sp³-hybridized carbons (Fsp3) is 0.667. The van der Waals surface area contributed by atoms with E-state index in [4.69, 9.17) is 10.2 Å². The topological polar surface area (TPSA) is 104 Å². The molecule has 0 aromatic heterocycles. The maximum absolute atomic E-state index is 11.4. The third kappa shape index (κ3) is 3.23. The Morgan fingerprint density at radius 1 is 1.13 bits per heavy atom. The Hall–Kier alpha value is -1.59. The van der Waals surface area contributed by atoms with Crippen molar-refractivity contribution in [3.05, 3.63) is 0 Å². The Bertz CT molecular complexity index is 288. The molecule has 0 spiro atoms. The van der Waals surface area contributed by atoms with Crippen molar-refractivity contribution in [2.75, 3.05) is 6.54 Å². The van der Waals surface area contributed by atoms with Crippen molar-refractivity contribution >= 4 is 17.8 Å². The van der Waals surface area contributed by atoms with Crippen LogP contribution >= 0.6 is 0 Å². The Kier molecular flexibility index (Phi) is 3.65. The molecule has 1 saturated carbocycles. The molecule has 6 heteroatoms. The van der Waals surface area contributed by atoms with Gasteiger partial charge in [0.05, 0.1) is 5.92 Å². The number of carboxylic acids is 2. The van der Waals surface area contributed by atoms with Gasteiger partial charge in [-0.1, -0.05) is 0 Å². The number of hydrogen-bond acceptors (Lipinski definition) is 3. The lowest BCUT2D eigenvalue weighted by Crippen LogP contribution is -2.33. The molecular weight excluding hydrogens is 202 g/mol. The van der Waals surface area contributed by atoms with Gasteiger partial charge in [-0.3, -0.25) is 14.4 Å². The van der Waals surface area contributed by atoms with Crippen LogP contribution in [0.3, 0.4) is 0 Å². The summed E-state index contributed by atoms with van der Waals surface area (Å²) in [6, 6.07) is 0. The maximum Gasteiger partial charge on any atom is 0.322 e. The third-order valence-corrected chi connectivity index (χ3v) is 2.57. The highest BCUT2D eigenvalue weighted by molar-refractivity contribution is 5.84. The molecule has 15 heavy (non-hydrogen) atoms. The van der Waals surface area contributed by atoms with Gasteiger partial charge in [0, 0.05) is 5.92 Å². The molecule has 1 aliphatic carbocycles. The van der Waals surface area contributed by atoms with Gasteiger partial charge in [-0.05, 0) is 19.3 Å². The van der Waals surface area contributed by atoms with E-state index < -0.39 is 24.4 Å². The zero-order valence-electron chi connectivity index (χ0n) is 8.10. The van der Waals surface area contributed by atoms with Gasteiger partial charge >= 0.3 is 11.9 Å². The predicted octanol–water partition coefficient (Wildman–Crippen LogP) is -0.312. The van der Waals surface area contributed by atoms with Crippen molar-refractivity contribution in [1.29, 1.82) is 0 Å². The van der Waals surface area contributed by atoms with E-state index >= 15 is 0 Å². The van der Waals surface area contributed by atoms with E-state index in [1.54, 1.807) is 0 Å². The molecule has 1 rings (SSSR count). The van der Waals surface area contributed by atoms with Gasteiger partial charge in [0.1, 0.15) is 6.54 Å². The number of amides is 1. The minimum absolute atomic E-state index is 0.306. The zero-order valence-corrected chi connectivity index (χ0v) is 8.10. The molecule has 6 nitrogen and oxygen atoms in total. The lowest BCUT2D eigenvalue weighted by Gasteiger charge is -2.08. The average molecular weight is 215 g/mol. The fourth-order valence-corrected chi connectivity index (χ4v) is 1.75. The normalized spacial score (nSPS) is 24.8. The lowest BCUT2D eigenvalue weighted by molar-refractivity contribution is -0.142. The number of carbonyl (C=O) groups is 3. The first-order chi connectivity index (χ1) is 7.00. The van der Waals surface area contributed by atoms with Crippen LogP contribution in [0.4, 0.5) is 0 Å². The number of carbonyl (C=O) groups excluding carboxylic acids is 1. The van der Waals surface area contributed by atoms with Crippen LogP contribution in [0.1, 0.15) is 19.3 Å². The van der Waals surface area contributed by atoms with Crippen LogP contribution in [0, 0.1) is 11.8 Å². The van der Waals surface area contributed by atoms with Crippen LogP contribution in [0.15, 0.2) is 0 Å². The highest BCUT2D eigenvalue weighted by Crippen LogP contribution is 2.30. The van der Waals surface area contributed by atoms with Crippen molar-refractivity contribution in [3.63, 3.8) is 0 Å². The molecule has 2 atom stereocenters. The number of rotatable bonds is 4. The first kappa shape index (κ1) is 11.5. The van der Waals surface area contributed by atoms with Crippen LogP contribution in [0.25, 0.3) is 0 Å². The van der Waals surface area contributed by atoms with E-state index in [9.17, 15) is 14.4 Å². The largest absolute Gasteiger partial charge is 0.481 e. The Balaban J connectivity index is 2.36. The monoisotopic (exact) mass is 215 g/mol. The standard InChI is InChI=1S/C9H13NO5/c11-7(12)4-10-8(13)5-1-2-6(3-5)9(14)15/h5-6H,1-4H2,(H,10,13)(H,11,12)(H,14,15). The second-order valence-corrected chi connectivity index (χ2v) is 3.66. The number of hydrogen-bond donors (Lipinski definition) is 3. The van der Waals surface area contributed by atoms with Crippen LogP contribution in [-0.4, -0.2) is 34.6 Å². The molecule has 0 radical (unpaired) electrons. The summed E-state index contributed by atoms with van der Waals surface area (Å²) in [5.41, 5.74) is 0. The smallest absolute Gasteiger partial charge is 0.322 e. The van der Waals surface area contributed by atoms with E-state index in [2.05, 4.69) is 5.32 Å². The molecule has 0 aliphatic heterocycles. The molecule has 1 amide bonds. The first-order valence-electron chi connectivity index (χ1n) is 4.73. The summed E-state index contributed by atoms with van der Waals surface area (Å²) in [4.78, 5) is 32.1. The van der Waals surface area contributed by atoms with E-state index in [-0.39, 0.29) is 11.8 Å². The molecule has 0 aromatic carbocycles. The predicted molar refractivity (Wildman–Crippen MR) is 49.1 cm³/mol. The summed E-state index contributed by atoms with van der Waals surface area (Å²) in [6.45, 7) is -0.410. The molecule has 2 unspecified atom stereocenters. The second-order valence-electron chi connectivity index (χ2n) is 3.66. The molecule has 0 aromatic rings. The molecule has 0 saturated heterocycles. The van der Waals surface area contributed by atoms with Gasteiger partial charge in [0.25, 0.3) is 0 Å². The molecule has 84 valence electrons. The summed E-state index contributed by atoms with van der Waals surface area (Å²) in [5.74, 6) is -3.17. The van der Waals surface area contributed by atoms with Crippen molar-refractivity contribution < 1.29 is 24.6 Å². The van der Waals surface area contributed by atoms with Gasteiger partial charge in [0.15, 0.2) is 0 Å². The number of aliphatic carboxylic acids is 2. The van der Waals surface area contributed by atoms with E-state index in [1.807, 2.05) is 0 Å². The minimum Gasteiger partial charge on any atom is -0.481 e. The summed E-state index contributed by atoms with van der Waals surface area (Å²) >= 11 is 0. The van der Waals surface area contributed by atoms with Crippen LogP contribution < -0.4 is 5.32 Å². The number of carboxylic acid groups (broad SMARTS) is 2. The van der Waals surface area contributed by atoms with Gasteiger partial charge < -0.3 is 15.5 Å². The Morgan fingerprint density at radius 3 is 2.20 bits per heavy atom. The highest BCUT2D eigenvalue weighted by Gasteiger charge is 2.33. The lowest BCUT2D eigenvalue weighted by atomic mass is 10.0. The van der Waals surface area contributed by atoms with Gasteiger partial charge in [-0.25, -0.2) is 0 Å². The minimum atomic E-state index is -1.10. The van der Waals surface area contributed by atoms with Gasteiger partial charge in [0.2, 0.25) is 5.91 Å². The maximum atomic E-state index is 11.4. The van der Waals surface area contributed by atoms with Crippen LogP contribution in [-0.2, 0) is 14.4 Å². The van der Waals surface area contributed by atoms with Crippen LogP contribution in [0.5, 0.6) is 0 Å². The SMILES string of the molecule is O=C(O)CNC(=O)C1CCC(C(=O)O)C1. The average Bonchev–Trinajstić information content (AvgIpc) is 2.62. The van der Waals surface area contributed by atoms with E-state index in [0.717, 1.165) is 0 Å². The third-order valence-electron chi connectivity index (χ3n) is 2.57. The van der Waals surface area contributed by atoms with Crippen molar-refractivity contribution in [1.82, 2.24) is 5.32 Å². The first-order valence-corrected chi connectivity index (χ1v) is 4.73. The zero-order chi connectivity index (χ0) is 11.4. The molecular formula is C9H13NO5. The van der Waals surface area contributed by atoms with E-state index in [1.165, 1.54) is 0 Å². The fourth-order valence-electron chi connectivity index (χ4n) is 1.75. The summed E-state index contributed by atoms with van der Waals surface area (Å²) < 4.78 is 0. The molecule has 0 bridgehead atoms. The molecule has 1 aliphatic rings. The van der Waals surface area contributed by atoms with Crippen molar-refractivity contribution in [3.8, 4) is 0 Å². The van der Waals surface area contributed by atoms with Crippen molar-refractivity contribution in [2.24, 2.45) is 11.8 Å². The van der Waals surface area contributed by atoms with Crippen molar-refractivity contribution in [2.45, 2.75) is 19.3 Å². The highest BCUT2D eigenvalue weighted by atomic mass is 16.4. The Morgan fingerprint density at radius 2 is 1.73 bits per heavy atom. The summed E-state index contributed by atoms with van der Waals surface area (Å²) in [7, 11) is 0. The van der Waals surface area contributed by atoms with Gasteiger partial charge in [-0.2, -0.15) is 0 Å². The summed E-state index contributed by atoms with van der Waals surface area (Å²) in [5, 5.41) is 19.3. The molecule has 3 N–H and O–H groups in total. The Labute approximate surface area is 86.3 Å². The summed E-state index contributed by atoms with van der Waals surface area (Å²) in [6.07, 6.45) is 1.31. The van der Waals surface area contributed by atoms with Crippen LogP contribution in [0.2, 0.25) is 0 Å². The number of nitrogens with one attached hydrogen (secondary N) is 1. The van der Waals surface area contributed by atoms with Gasteiger partial charge in [-0.15, -0.1) is 0 Å². The quantitative estimate of drug-likeness (QED) is 0.596. The molecule has 0 heterocycles. The molecule has 1 fully saturated rings. The van der Waals surface area contributed by atoms with E-state index in [0.29, 0.717) is 19.3 Å².